The molecule has 0 N–H and O–H groups in total. The SMILES string of the molecule is CCn1c2ccccc2c2cc(/C=C/C3=Nc4ccc5ccccc5c4C3(C)C)ccc21. The van der Waals surface area contributed by atoms with Crippen molar-refractivity contribution >= 4 is 50.1 Å². The van der Waals surface area contributed by atoms with Crippen LogP contribution in [0.5, 0.6) is 0 Å². The summed E-state index contributed by atoms with van der Waals surface area (Å²) in [7, 11) is 0. The molecule has 0 saturated carbocycles. The molecule has 0 aliphatic carbocycles. The maximum atomic E-state index is 5.02. The van der Waals surface area contributed by atoms with E-state index in [1.165, 1.54) is 43.7 Å². The number of aromatic nitrogens is 1. The molecule has 4 aromatic carbocycles. The van der Waals surface area contributed by atoms with E-state index in [0.717, 1.165) is 17.9 Å². The zero-order valence-corrected chi connectivity index (χ0v) is 18.8. The van der Waals surface area contributed by atoms with Gasteiger partial charge in [0.2, 0.25) is 0 Å². The minimum atomic E-state index is -0.130. The molecular weight excluding hydrogens is 388 g/mol. The summed E-state index contributed by atoms with van der Waals surface area (Å²) in [6.45, 7) is 7.75. The molecule has 0 atom stereocenters. The Hall–Kier alpha value is -3.65. The number of rotatable bonds is 3. The maximum absolute atomic E-state index is 5.02. The predicted octanol–water partition coefficient (Wildman–Crippen LogP) is 8.04. The van der Waals surface area contributed by atoms with E-state index in [1.807, 2.05) is 0 Å². The van der Waals surface area contributed by atoms with Crippen molar-refractivity contribution in [3.05, 3.63) is 96.1 Å². The van der Waals surface area contributed by atoms with Crippen LogP contribution in [0.25, 0.3) is 38.7 Å². The number of fused-ring (bicyclic) bond motifs is 6. The van der Waals surface area contributed by atoms with Crippen molar-refractivity contribution in [3.63, 3.8) is 0 Å². The van der Waals surface area contributed by atoms with Gasteiger partial charge in [-0.05, 0) is 59.2 Å². The monoisotopic (exact) mass is 414 g/mol. The molecule has 2 nitrogen and oxygen atoms in total. The topological polar surface area (TPSA) is 17.3 Å². The quantitative estimate of drug-likeness (QED) is 0.284. The molecule has 0 amide bonds. The van der Waals surface area contributed by atoms with Crippen LogP contribution < -0.4 is 0 Å². The predicted molar refractivity (Wildman–Crippen MR) is 138 cm³/mol. The second-order valence-electron chi connectivity index (χ2n) is 9.17. The summed E-state index contributed by atoms with van der Waals surface area (Å²) in [6, 6.07) is 28.4. The highest BCUT2D eigenvalue weighted by molar-refractivity contribution is 6.14. The highest BCUT2D eigenvalue weighted by atomic mass is 15.0. The zero-order chi connectivity index (χ0) is 21.9. The Bertz CT molecular complexity index is 1580. The van der Waals surface area contributed by atoms with Gasteiger partial charge in [0.15, 0.2) is 0 Å². The van der Waals surface area contributed by atoms with E-state index in [4.69, 9.17) is 4.99 Å². The summed E-state index contributed by atoms with van der Waals surface area (Å²) >= 11 is 0. The van der Waals surface area contributed by atoms with Crippen molar-refractivity contribution in [2.75, 3.05) is 0 Å². The third-order valence-corrected chi connectivity index (χ3v) is 6.96. The Labute approximate surface area is 188 Å². The van der Waals surface area contributed by atoms with Crippen molar-refractivity contribution in [2.24, 2.45) is 4.99 Å². The van der Waals surface area contributed by atoms with Gasteiger partial charge in [-0.1, -0.05) is 74.5 Å². The van der Waals surface area contributed by atoms with E-state index in [-0.39, 0.29) is 5.41 Å². The number of aryl methyl sites for hydroxylation is 1. The second kappa shape index (κ2) is 6.93. The molecule has 6 rings (SSSR count). The third kappa shape index (κ3) is 2.69. The minimum absolute atomic E-state index is 0.130. The van der Waals surface area contributed by atoms with Crippen molar-refractivity contribution in [3.8, 4) is 0 Å². The van der Waals surface area contributed by atoms with Crippen LogP contribution in [0.3, 0.4) is 0 Å². The first-order valence-electron chi connectivity index (χ1n) is 11.4. The van der Waals surface area contributed by atoms with Gasteiger partial charge in [-0.3, -0.25) is 4.99 Å². The van der Waals surface area contributed by atoms with Gasteiger partial charge < -0.3 is 4.57 Å². The summed E-state index contributed by atoms with van der Waals surface area (Å²) in [6.07, 6.45) is 4.42. The largest absolute Gasteiger partial charge is 0.341 e. The lowest BCUT2D eigenvalue weighted by atomic mass is 9.79. The van der Waals surface area contributed by atoms with Crippen molar-refractivity contribution in [2.45, 2.75) is 32.7 Å². The van der Waals surface area contributed by atoms with Gasteiger partial charge in [-0.25, -0.2) is 0 Å². The molecule has 0 saturated heterocycles. The van der Waals surface area contributed by atoms with Crippen LogP contribution in [0.2, 0.25) is 0 Å². The first-order valence-corrected chi connectivity index (χ1v) is 11.4. The standard InChI is InChI=1S/C30H26N2/c1-4-32-26-12-8-7-11-23(26)24-19-20(13-17-27(24)32)14-18-28-30(2,3)29-22-10-6-5-9-21(22)15-16-25(29)31-28/h5-19H,4H2,1-3H3/b18-14+. The molecule has 156 valence electrons. The van der Waals surface area contributed by atoms with Gasteiger partial charge in [-0.2, -0.15) is 0 Å². The minimum Gasteiger partial charge on any atom is -0.341 e. The molecule has 0 bridgehead atoms. The van der Waals surface area contributed by atoms with E-state index in [0.29, 0.717) is 0 Å². The number of nitrogens with zero attached hydrogens (tertiary/aromatic N) is 2. The lowest BCUT2D eigenvalue weighted by Gasteiger charge is -2.22. The zero-order valence-electron chi connectivity index (χ0n) is 18.8. The Morgan fingerprint density at radius 1 is 0.781 bits per heavy atom. The van der Waals surface area contributed by atoms with Crippen molar-refractivity contribution in [1.29, 1.82) is 0 Å². The van der Waals surface area contributed by atoms with Crippen molar-refractivity contribution in [1.82, 2.24) is 4.57 Å². The fraction of sp³-hybridized carbons (Fsp3) is 0.167. The fourth-order valence-corrected chi connectivity index (χ4v) is 5.34. The molecular formula is C30H26N2. The van der Waals surface area contributed by atoms with Crippen LogP contribution in [-0.2, 0) is 12.0 Å². The van der Waals surface area contributed by atoms with E-state index in [2.05, 4.69) is 116 Å². The summed E-state index contributed by atoms with van der Waals surface area (Å²) in [4.78, 5) is 5.02. The van der Waals surface area contributed by atoms with Crippen LogP contribution in [0, 0.1) is 0 Å². The summed E-state index contributed by atoms with van der Waals surface area (Å²) < 4.78 is 2.39. The number of allylic oxidation sites excluding steroid dienone is 1. The van der Waals surface area contributed by atoms with Gasteiger partial charge in [0.25, 0.3) is 0 Å². The van der Waals surface area contributed by atoms with Crippen molar-refractivity contribution < 1.29 is 0 Å². The van der Waals surface area contributed by atoms with Crippen LogP contribution in [0.4, 0.5) is 5.69 Å². The highest BCUT2D eigenvalue weighted by Crippen LogP contribution is 2.44. The van der Waals surface area contributed by atoms with Crippen LogP contribution >= 0.6 is 0 Å². The Kier molecular flexibility index (Phi) is 4.13. The van der Waals surface area contributed by atoms with E-state index in [1.54, 1.807) is 0 Å². The number of hydrogen-bond acceptors (Lipinski definition) is 1. The van der Waals surface area contributed by atoms with Gasteiger partial charge in [0, 0.05) is 33.8 Å². The number of aliphatic imine (C=N–C) groups is 1. The summed E-state index contributed by atoms with van der Waals surface area (Å²) in [5, 5.41) is 5.21. The van der Waals surface area contributed by atoms with E-state index < -0.39 is 0 Å². The highest BCUT2D eigenvalue weighted by Gasteiger charge is 2.34. The molecule has 32 heavy (non-hydrogen) atoms. The van der Waals surface area contributed by atoms with E-state index in [9.17, 15) is 0 Å². The molecule has 0 spiro atoms. The Morgan fingerprint density at radius 2 is 1.53 bits per heavy atom. The smallest absolute Gasteiger partial charge is 0.0681 e. The Morgan fingerprint density at radius 3 is 2.38 bits per heavy atom. The van der Waals surface area contributed by atoms with Gasteiger partial charge in [-0.15, -0.1) is 0 Å². The molecule has 0 radical (unpaired) electrons. The number of hydrogen-bond donors (Lipinski definition) is 0. The molecule has 1 aliphatic rings. The molecule has 5 aromatic rings. The summed E-state index contributed by atoms with van der Waals surface area (Å²) in [5.74, 6) is 0. The molecule has 0 fully saturated rings. The van der Waals surface area contributed by atoms with E-state index >= 15 is 0 Å². The normalized spacial score (nSPS) is 15.2. The van der Waals surface area contributed by atoms with Gasteiger partial charge in [0.1, 0.15) is 0 Å². The third-order valence-electron chi connectivity index (χ3n) is 6.96. The second-order valence-corrected chi connectivity index (χ2v) is 9.17. The van der Waals surface area contributed by atoms with Gasteiger partial charge >= 0.3 is 0 Å². The average Bonchev–Trinajstić information content (AvgIpc) is 3.28. The van der Waals surface area contributed by atoms with Crippen LogP contribution in [0.15, 0.2) is 89.9 Å². The molecule has 1 aliphatic heterocycles. The molecule has 0 unspecified atom stereocenters. The average molecular weight is 415 g/mol. The number of benzene rings is 4. The lowest BCUT2D eigenvalue weighted by molar-refractivity contribution is 0.747. The first-order chi connectivity index (χ1) is 15.6. The fourth-order valence-electron chi connectivity index (χ4n) is 5.34. The first kappa shape index (κ1) is 19.1. The maximum Gasteiger partial charge on any atom is 0.0681 e. The number of para-hydroxylation sites is 1. The molecule has 2 heterocycles. The van der Waals surface area contributed by atoms with Crippen LogP contribution in [-0.4, -0.2) is 10.3 Å². The van der Waals surface area contributed by atoms with Gasteiger partial charge in [0.05, 0.1) is 11.4 Å². The lowest BCUT2D eigenvalue weighted by Crippen LogP contribution is -2.24. The summed E-state index contributed by atoms with van der Waals surface area (Å²) in [5.41, 5.74) is 7.20. The molecule has 2 heteroatoms. The molecule has 1 aromatic heterocycles. The Balaban J connectivity index is 1.42. The van der Waals surface area contributed by atoms with Crippen LogP contribution in [0.1, 0.15) is 31.9 Å².